The van der Waals surface area contributed by atoms with Crippen molar-refractivity contribution in [2.24, 2.45) is 5.41 Å². The van der Waals surface area contributed by atoms with E-state index in [1.54, 1.807) is 66.4 Å². The molecule has 2 N–H and O–H groups in total. The number of fused-ring (bicyclic) bond motifs is 2. The number of hydrogen-bond acceptors (Lipinski definition) is 11. The van der Waals surface area contributed by atoms with Crippen LogP contribution in [-0.4, -0.2) is 79.6 Å². The van der Waals surface area contributed by atoms with Crippen LogP contribution < -0.4 is 19.7 Å². The van der Waals surface area contributed by atoms with Gasteiger partial charge in [0.05, 0.1) is 50.6 Å². The lowest BCUT2D eigenvalue weighted by molar-refractivity contribution is -0.144. The van der Waals surface area contributed by atoms with Gasteiger partial charge in [-0.15, -0.1) is 0 Å². The van der Waals surface area contributed by atoms with E-state index in [-0.39, 0.29) is 31.3 Å². The SMILES string of the molecule is CCOC(=O)CSc1nc2ccc(NC(=O)C[C@H]3O[C@H](c4cccc(OC)c4OC)c4cc(Cl)ccc4N(CC(C)(C)COC(C)=O)C3=O)cc2[nH]1. The number of nitrogens with zero attached hydrogens (tertiary/aromatic N) is 2. The minimum Gasteiger partial charge on any atom is -0.493 e. The van der Waals surface area contributed by atoms with Crippen molar-refractivity contribution in [2.45, 2.75) is 51.5 Å². The van der Waals surface area contributed by atoms with Crippen molar-refractivity contribution >= 4 is 69.5 Å². The molecule has 2 heterocycles. The zero-order valence-electron chi connectivity index (χ0n) is 29.7. The van der Waals surface area contributed by atoms with Gasteiger partial charge < -0.3 is 38.9 Å². The van der Waals surface area contributed by atoms with E-state index in [9.17, 15) is 19.2 Å². The monoisotopic (exact) mass is 752 g/mol. The van der Waals surface area contributed by atoms with Gasteiger partial charge in [-0.1, -0.05) is 49.3 Å². The first kappa shape index (κ1) is 38.4. The van der Waals surface area contributed by atoms with Gasteiger partial charge in [-0.2, -0.15) is 0 Å². The van der Waals surface area contributed by atoms with Gasteiger partial charge in [0.2, 0.25) is 5.91 Å². The van der Waals surface area contributed by atoms with Gasteiger partial charge in [-0.25, -0.2) is 4.98 Å². The van der Waals surface area contributed by atoms with Gasteiger partial charge in [-0.05, 0) is 49.4 Å². The van der Waals surface area contributed by atoms with Crippen LogP contribution in [0.25, 0.3) is 11.0 Å². The lowest BCUT2D eigenvalue weighted by Gasteiger charge is -2.33. The van der Waals surface area contributed by atoms with E-state index in [1.807, 2.05) is 13.8 Å². The normalized spacial score (nSPS) is 15.8. The van der Waals surface area contributed by atoms with Crippen molar-refractivity contribution < 1.29 is 42.9 Å². The van der Waals surface area contributed by atoms with E-state index in [1.165, 1.54) is 32.9 Å². The van der Waals surface area contributed by atoms with E-state index in [2.05, 4.69) is 15.3 Å². The highest BCUT2D eigenvalue weighted by molar-refractivity contribution is 7.99. The predicted octanol–water partition coefficient (Wildman–Crippen LogP) is 6.33. The molecule has 1 aliphatic rings. The number of para-hydroxylation sites is 1. The second-order valence-corrected chi connectivity index (χ2v) is 14.2. The van der Waals surface area contributed by atoms with Crippen LogP contribution in [0.5, 0.6) is 11.5 Å². The fraction of sp³-hybridized carbons (Fsp3) is 0.378. The Morgan fingerprint density at radius 1 is 1.06 bits per heavy atom. The fourth-order valence-corrected chi connectivity index (χ4v) is 6.70. The number of nitrogens with one attached hydrogen (secondary N) is 2. The number of anilines is 2. The highest BCUT2D eigenvalue weighted by atomic mass is 35.5. The van der Waals surface area contributed by atoms with Gasteiger partial charge in [0.25, 0.3) is 5.91 Å². The molecule has 0 saturated heterocycles. The Hall–Kier alpha value is -4.79. The third kappa shape index (κ3) is 9.16. The number of carbonyl (C=O) groups is 4. The molecule has 0 spiro atoms. The minimum atomic E-state index is -1.27. The summed E-state index contributed by atoms with van der Waals surface area (Å²) in [4.78, 5) is 61.0. The third-order valence-corrected chi connectivity index (χ3v) is 9.20. The number of imidazole rings is 1. The molecule has 0 unspecified atom stereocenters. The van der Waals surface area contributed by atoms with Crippen molar-refractivity contribution in [1.29, 1.82) is 0 Å². The number of ether oxygens (including phenoxy) is 5. The Kier molecular flexibility index (Phi) is 12.3. The summed E-state index contributed by atoms with van der Waals surface area (Å²) in [5, 5.41) is 3.82. The first-order valence-corrected chi connectivity index (χ1v) is 17.9. The first-order valence-electron chi connectivity index (χ1n) is 16.5. The zero-order valence-corrected chi connectivity index (χ0v) is 31.3. The maximum absolute atomic E-state index is 14.6. The standard InChI is InChI=1S/C37H41ClN4O9S/c1-7-49-32(45)18-52-36-40-26-13-12-23(16-27(26)41-36)39-31(44)17-30-35(46)42(19-37(3,4)20-50-21(2)43)28-14-11-22(38)15-25(28)33(51-30)24-9-8-10-29(47-5)34(24)48-6/h8-16,30,33H,7,17-20H2,1-6H3,(H,39,44)(H,40,41)/t30-,33-/m1/s1. The number of esters is 2. The molecule has 13 nitrogen and oxygen atoms in total. The zero-order chi connectivity index (χ0) is 37.6. The lowest BCUT2D eigenvalue weighted by atomic mass is 9.92. The number of carbonyl (C=O) groups excluding carboxylic acids is 4. The first-order chi connectivity index (χ1) is 24.8. The van der Waals surface area contributed by atoms with Gasteiger partial charge in [0.1, 0.15) is 12.2 Å². The number of aromatic nitrogens is 2. The number of hydrogen-bond donors (Lipinski definition) is 2. The summed E-state index contributed by atoms with van der Waals surface area (Å²) in [7, 11) is 3.03. The average Bonchev–Trinajstić information content (AvgIpc) is 3.48. The quantitative estimate of drug-likeness (QED) is 0.110. The Morgan fingerprint density at radius 3 is 2.56 bits per heavy atom. The molecule has 5 rings (SSSR count). The Morgan fingerprint density at radius 2 is 1.85 bits per heavy atom. The Balaban J connectivity index is 1.47. The predicted molar refractivity (Wildman–Crippen MR) is 197 cm³/mol. The number of halogens is 1. The molecule has 52 heavy (non-hydrogen) atoms. The molecule has 0 saturated carbocycles. The van der Waals surface area contributed by atoms with E-state index in [4.69, 9.17) is 35.3 Å². The van der Waals surface area contributed by atoms with Crippen molar-refractivity contribution in [2.75, 3.05) is 49.9 Å². The molecular formula is C37H41ClN4O9S. The number of rotatable bonds is 14. The van der Waals surface area contributed by atoms with Crippen LogP contribution in [0, 0.1) is 5.41 Å². The smallest absolute Gasteiger partial charge is 0.316 e. The molecule has 0 radical (unpaired) electrons. The Labute approximate surface area is 310 Å². The van der Waals surface area contributed by atoms with Crippen LogP contribution in [0.2, 0.25) is 5.02 Å². The highest BCUT2D eigenvalue weighted by Gasteiger charge is 2.41. The van der Waals surface area contributed by atoms with Crippen LogP contribution in [0.15, 0.2) is 59.8 Å². The third-order valence-electron chi connectivity index (χ3n) is 8.12. The summed E-state index contributed by atoms with van der Waals surface area (Å²) in [6.07, 6.45) is -2.52. The van der Waals surface area contributed by atoms with Crippen molar-refractivity contribution in [1.82, 2.24) is 9.97 Å². The number of H-pyrrole nitrogens is 1. The van der Waals surface area contributed by atoms with Crippen molar-refractivity contribution in [3.05, 3.63) is 70.7 Å². The largest absolute Gasteiger partial charge is 0.493 e. The average molecular weight is 753 g/mol. The van der Waals surface area contributed by atoms with Crippen LogP contribution in [0.3, 0.4) is 0 Å². The lowest BCUT2D eigenvalue weighted by Crippen LogP contribution is -2.46. The molecule has 2 amide bonds. The van der Waals surface area contributed by atoms with Crippen LogP contribution in [0.1, 0.15) is 51.3 Å². The van der Waals surface area contributed by atoms with Crippen LogP contribution in [0.4, 0.5) is 11.4 Å². The van der Waals surface area contributed by atoms with E-state index in [0.717, 1.165) is 0 Å². The van der Waals surface area contributed by atoms with E-state index in [0.29, 0.717) is 61.8 Å². The summed E-state index contributed by atoms with van der Waals surface area (Å²) in [6, 6.07) is 15.6. The minimum absolute atomic E-state index is 0.0489. The van der Waals surface area contributed by atoms with Crippen LogP contribution >= 0.6 is 23.4 Å². The molecule has 2 atom stereocenters. The van der Waals surface area contributed by atoms with Crippen molar-refractivity contribution in [3.8, 4) is 11.5 Å². The summed E-state index contributed by atoms with van der Waals surface area (Å²) >= 11 is 7.76. The van der Waals surface area contributed by atoms with Crippen LogP contribution in [-0.2, 0) is 33.4 Å². The fourth-order valence-electron chi connectivity index (χ4n) is 5.84. The second-order valence-electron chi connectivity index (χ2n) is 12.8. The number of aromatic amines is 1. The molecular weight excluding hydrogens is 712 g/mol. The molecule has 276 valence electrons. The summed E-state index contributed by atoms with van der Waals surface area (Å²) in [6.45, 7) is 7.30. The Bertz CT molecular complexity index is 1970. The maximum atomic E-state index is 14.6. The number of benzene rings is 3. The molecule has 0 bridgehead atoms. The van der Waals surface area contributed by atoms with Gasteiger partial charge in [0, 0.05) is 46.4 Å². The molecule has 3 aromatic carbocycles. The summed E-state index contributed by atoms with van der Waals surface area (Å²) in [5.74, 6) is -0.782. The second kappa shape index (κ2) is 16.7. The molecule has 1 aromatic heterocycles. The van der Waals surface area contributed by atoms with E-state index < -0.39 is 35.4 Å². The molecule has 0 fully saturated rings. The summed E-state index contributed by atoms with van der Waals surface area (Å²) < 4.78 is 28.3. The topological polar surface area (TPSA) is 158 Å². The number of amides is 2. The molecule has 1 aliphatic heterocycles. The molecule has 15 heteroatoms. The summed E-state index contributed by atoms with van der Waals surface area (Å²) in [5.41, 5.74) is 2.71. The highest BCUT2D eigenvalue weighted by Crippen LogP contribution is 2.45. The molecule has 0 aliphatic carbocycles. The van der Waals surface area contributed by atoms with Crippen molar-refractivity contribution in [3.63, 3.8) is 0 Å². The van der Waals surface area contributed by atoms with Gasteiger partial charge in [0.15, 0.2) is 16.7 Å². The maximum Gasteiger partial charge on any atom is 0.316 e. The van der Waals surface area contributed by atoms with E-state index >= 15 is 0 Å². The number of thioether (sulfide) groups is 1. The number of methoxy groups -OCH3 is 2. The van der Waals surface area contributed by atoms with Gasteiger partial charge in [-0.3, -0.25) is 19.2 Å². The van der Waals surface area contributed by atoms with Gasteiger partial charge >= 0.3 is 11.9 Å². The molecule has 4 aromatic rings.